The highest BCUT2D eigenvalue weighted by Crippen LogP contribution is 2.37. The fourth-order valence-electron chi connectivity index (χ4n) is 3.35. The normalized spacial score (nSPS) is 22.8. The first-order valence-electron chi connectivity index (χ1n) is 8.30. The molecule has 124 valence electrons. The van der Waals surface area contributed by atoms with Crippen LogP contribution in [-0.4, -0.2) is 39.1 Å². The maximum absolute atomic E-state index is 11.8. The number of nitrogens with one attached hydrogen (secondary N) is 1. The maximum Gasteiger partial charge on any atom is 0.410 e. The summed E-state index contributed by atoms with van der Waals surface area (Å²) in [5, 5.41) is 0. The van der Waals surface area contributed by atoms with E-state index in [1.54, 1.807) is 6.33 Å². The minimum Gasteiger partial charge on any atom is -0.444 e. The molecule has 1 aliphatic carbocycles. The molecule has 5 nitrogen and oxygen atoms in total. The molecule has 1 saturated carbocycles. The summed E-state index contributed by atoms with van der Waals surface area (Å²) in [5.41, 5.74) is 1.76. The molecule has 1 amide bonds. The van der Waals surface area contributed by atoms with Gasteiger partial charge in [-0.05, 0) is 58.1 Å². The van der Waals surface area contributed by atoms with Gasteiger partial charge in [-0.15, -0.1) is 0 Å². The van der Waals surface area contributed by atoms with Gasteiger partial charge in [0.05, 0.1) is 17.4 Å². The molecule has 2 aliphatic rings. The molecule has 0 spiro atoms. The van der Waals surface area contributed by atoms with Gasteiger partial charge >= 0.3 is 6.09 Å². The van der Waals surface area contributed by atoms with E-state index >= 15 is 0 Å². The van der Waals surface area contributed by atoms with Crippen molar-refractivity contribution in [2.75, 3.05) is 6.54 Å². The average molecular weight is 315 g/mol. The van der Waals surface area contributed by atoms with Crippen molar-refractivity contribution in [3.05, 3.63) is 30.6 Å². The van der Waals surface area contributed by atoms with Crippen LogP contribution in [0, 0.1) is 5.92 Å². The molecular weight excluding hydrogens is 290 g/mol. The quantitative estimate of drug-likeness (QED) is 0.800. The number of rotatable bonds is 0. The number of aromatic nitrogens is 2. The van der Waals surface area contributed by atoms with Crippen molar-refractivity contribution in [2.45, 2.75) is 51.7 Å². The highest BCUT2D eigenvalue weighted by atomic mass is 16.6. The number of para-hydroxylation sites is 2. The third-order valence-electron chi connectivity index (χ3n) is 4.36. The summed E-state index contributed by atoms with van der Waals surface area (Å²) in [5.74, 6) is 0.743. The van der Waals surface area contributed by atoms with E-state index in [2.05, 4.69) is 9.97 Å². The number of fused-ring (bicyclic) bond motifs is 3. The molecule has 2 aromatic rings. The highest BCUT2D eigenvalue weighted by Gasteiger charge is 2.41. The predicted octanol–water partition coefficient (Wildman–Crippen LogP) is 3.97. The molecule has 2 heterocycles. The summed E-state index contributed by atoms with van der Waals surface area (Å²) in [4.78, 5) is 20.7. The molecule has 2 fully saturated rings. The monoisotopic (exact) mass is 315 g/mol. The summed E-state index contributed by atoms with van der Waals surface area (Å²) in [7, 11) is 0. The smallest absolute Gasteiger partial charge is 0.410 e. The number of aromatic amines is 1. The molecule has 4 rings (SSSR count). The van der Waals surface area contributed by atoms with Gasteiger partial charge in [-0.2, -0.15) is 0 Å². The molecule has 1 aliphatic heterocycles. The lowest BCUT2D eigenvalue weighted by Crippen LogP contribution is -2.41. The topological polar surface area (TPSA) is 58.2 Å². The van der Waals surface area contributed by atoms with Gasteiger partial charge in [0.25, 0.3) is 0 Å². The Balaban J connectivity index is 0.000000149. The van der Waals surface area contributed by atoms with Gasteiger partial charge < -0.3 is 14.6 Å². The first-order valence-corrected chi connectivity index (χ1v) is 8.30. The standard InChI is InChI=1S/C11H19NO2.C7H6N2/c1-11(2,3)14-10(13)12-7-8-4-5-9(12)6-8;1-2-4-7-6(3-1)8-5-9-7/h8-9H,4-7H2,1-3H3;1-5H,(H,8,9)/t8-,9+;/m0./s1. The van der Waals surface area contributed by atoms with E-state index in [1.165, 1.54) is 19.3 Å². The van der Waals surface area contributed by atoms with Gasteiger partial charge in [-0.25, -0.2) is 9.78 Å². The third kappa shape index (κ3) is 3.84. The summed E-state index contributed by atoms with van der Waals surface area (Å²) >= 11 is 0. The highest BCUT2D eigenvalue weighted by molar-refractivity contribution is 5.73. The van der Waals surface area contributed by atoms with Crippen molar-refractivity contribution in [2.24, 2.45) is 5.92 Å². The first-order chi connectivity index (χ1) is 10.9. The largest absolute Gasteiger partial charge is 0.444 e. The van der Waals surface area contributed by atoms with Crippen LogP contribution in [0.15, 0.2) is 30.6 Å². The van der Waals surface area contributed by atoms with Crippen molar-refractivity contribution in [3.63, 3.8) is 0 Å². The molecule has 0 radical (unpaired) electrons. The van der Waals surface area contributed by atoms with Gasteiger partial charge in [0.15, 0.2) is 0 Å². The van der Waals surface area contributed by atoms with Gasteiger partial charge in [0.1, 0.15) is 5.60 Å². The summed E-state index contributed by atoms with van der Waals surface area (Å²) < 4.78 is 5.36. The second-order valence-electron chi connectivity index (χ2n) is 7.39. The fraction of sp³-hybridized carbons (Fsp3) is 0.556. The van der Waals surface area contributed by atoms with Crippen LogP contribution in [0.25, 0.3) is 11.0 Å². The van der Waals surface area contributed by atoms with Gasteiger partial charge in [-0.3, -0.25) is 0 Å². The number of carbonyl (C=O) groups excluding carboxylic acids is 1. The van der Waals surface area contributed by atoms with Crippen LogP contribution in [0.1, 0.15) is 40.0 Å². The van der Waals surface area contributed by atoms with Crippen LogP contribution < -0.4 is 0 Å². The molecule has 5 heteroatoms. The van der Waals surface area contributed by atoms with E-state index in [0.717, 1.165) is 23.5 Å². The molecule has 0 unspecified atom stereocenters. The number of likely N-dealkylation sites (tertiary alicyclic amines) is 1. The van der Waals surface area contributed by atoms with Crippen LogP contribution in [0.4, 0.5) is 4.79 Å². The number of piperidine rings is 1. The molecule has 1 N–H and O–H groups in total. The van der Waals surface area contributed by atoms with E-state index in [-0.39, 0.29) is 11.7 Å². The number of nitrogens with zero attached hydrogens (tertiary/aromatic N) is 2. The zero-order chi connectivity index (χ0) is 16.4. The lowest BCUT2D eigenvalue weighted by atomic mass is 10.1. The number of hydrogen-bond donors (Lipinski definition) is 1. The molecule has 23 heavy (non-hydrogen) atoms. The second-order valence-corrected chi connectivity index (χ2v) is 7.39. The van der Waals surface area contributed by atoms with Gasteiger partial charge in [0.2, 0.25) is 0 Å². The van der Waals surface area contributed by atoms with Gasteiger partial charge in [-0.1, -0.05) is 12.1 Å². The Kier molecular flexibility index (Phi) is 4.28. The molecule has 1 aromatic carbocycles. The Bertz CT molecular complexity index is 644. The Morgan fingerprint density at radius 2 is 2.09 bits per heavy atom. The number of amides is 1. The Hall–Kier alpha value is -2.04. The van der Waals surface area contributed by atoms with Crippen LogP contribution in [0.2, 0.25) is 0 Å². The third-order valence-corrected chi connectivity index (χ3v) is 4.36. The lowest BCUT2D eigenvalue weighted by Gasteiger charge is -2.30. The predicted molar refractivity (Wildman–Crippen MR) is 90.2 cm³/mol. The summed E-state index contributed by atoms with van der Waals surface area (Å²) in [6.45, 7) is 6.66. The average Bonchev–Trinajstić information content (AvgIpc) is 3.22. The van der Waals surface area contributed by atoms with Crippen LogP contribution in [0.3, 0.4) is 0 Å². The zero-order valence-electron chi connectivity index (χ0n) is 14.1. The zero-order valence-corrected chi connectivity index (χ0v) is 14.1. The van der Waals surface area contributed by atoms with Crippen molar-refractivity contribution in [1.82, 2.24) is 14.9 Å². The number of ether oxygens (including phenoxy) is 1. The van der Waals surface area contributed by atoms with E-state index < -0.39 is 0 Å². The van der Waals surface area contributed by atoms with Crippen LogP contribution in [0.5, 0.6) is 0 Å². The molecular formula is C18H25N3O2. The minimum atomic E-state index is -0.362. The van der Waals surface area contributed by atoms with Crippen molar-refractivity contribution in [3.8, 4) is 0 Å². The number of imidazole rings is 1. The van der Waals surface area contributed by atoms with E-state index in [4.69, 9.17) is 4.74 Å². The Morgan fingerprint density at radius 1 is 1.30 bits per heavy atom. The second kappa shape index (κ2) is 6.22. The van der Waals surface area contributed by atoms with E-state index in [9.17, 15) is 4.79 Å². The maximum atomic E-state index is 11.8. The lowest BCUT2D eigenvalue weighted by molar-refractivity contribution is 0.0191. The summed E-state index contributed by atoms with van der Waals surface area (Å²) in [6, 6.07) is 8.41. The van der Waals surface area contributed by atoms with Crippen molar-refractivity contribution in [1.29, 1.82) is 0 Å². The number of benzene rings is 1. The first kappa shape index (κ1) is 15.8. The molecule has 1 saturated heterocycles. The molecule has 2 bridgehead atoms. The van der Waals surface area contributed by atoms with Crippen LogP contribution >= 0.6 is 0 Å². The van der Waals surface area contributed by atoms with E-state index in [0.29, 0.717) is 6.04 Å². The summed E-state index contributed by atoms with van der Waals surface area (Å²) in [6.07, 6.45) is 5.24. The van der Waals surface area contributed by atoms with Crippen LogP contribution in [-0.2, 0) is 4.74 Å². The minimum absolute atomic E-state index is 0.121. The number of H-pyrrole nitrogens is 1. The SMILES string of the molecule is CC(C)(C)OC(=O)N1C[C@H]2CC[C@@H]1C2.c1ccc2[nH]cnc2c1. The van der Waals surface area contributed by atoms with E-state index in [1.807, 2.05) is 49.9 Å². The molecule has 2 atom stereocenters. The number of carbonyl (C=O) groups is 1. The van der Waals surface area contributed by atoms with Gasteiger partial charge in [0, 0.05) is 12.6 Å². The Morgan fingerprint density at radius 3 is 2.70 bits per heavy atom. The Labute approximate surface area is 137 Å². The van der Waals surface area contributed by atoms with Crippen molar-refractivity contribution >= 4 is 17.1 Å². The van der Waals surface area contributed by atoms with Crippen molar-refractivity contribution < 1.29 is 9.53 Å². The number of hydrogen-bond acceptors (Lipinski definition) is 3. The molecule has 1 aromatic heterocycles. The fourth-order valence-corrected chi connectivity index (χ4v) is 3.35.